The van der Waals surface area contributed by atoms with Crippen LogP contribution in [0.5, 0.6) is 0 Å². The number of nitrogens with zero attached hydrogens (tertiary/aromatic N) is 2. The van der Waals surface area contributed by atoms with Gasteiger partial charge in [0, 0.05) is 51.6 Å². The van der Waals surface area contributed by atoms with E-state index in [-0.39, 0.29) is 17.8 Å². The number of hydrogen-bond acceptors (Lipinski definition) is 5. The van der Waals surface area contributed by atoms with Gasteiger partial charge in [0.15, 0.2) is 0 Å². The molecule has 174 valence electrons. The first-order chi connectivity index (χ1) is 14.8. The van der Waals surface area contributed by atoms with Crippen molar-refractivity contribution in [3.63, 3.8) is 0 Å². The van der Waals surface area contributed by atoms with Gasteiger partial charge in [-0.15, -0.1) is 0 Å². The molecule has 0 spiro atoms. The van der Waals surface area contributed by atoms with Gasteiger partial charge in [0.2, 0.25) is 0 Å². The van der Waals surface area contributed by atoms with E-state index in [2.05, 4.69) is 36.1 Å². The molecule has 5 heteroatoms. The number of ether oxygens (including phenoxy) is 1. The number of carbonyl (C=O) groups excluding carboxylic acids is 1. The van der Waals surface area contributed by atoms with E-state index in [0.717, 1.165) is 31.0 Å². The molecule has 5 nitrogen and oxygen atoms in total. The van der Waals surface area contributed by atoms with Crippen molar-refractivity contribution < 1.29 is 14.6 Å². The zero-order valence-electron chi connectivity index (χ0n) is 20.0. The number of aliphatic hydroxyl groups is 1. The quantitative estimate of drug-likeness (QED) is 0.534. The molecule has 1 aliphatic heterocycles. The highest BCUT2D eigenvalue weighted by atomic mass is 16.5. The summed E-state index contributed by atoms with van der Waals surface area (Å²) in [5, 5.41) is 11.7. The van der Waals surface area contributed by atoms with Gasteiger partial charge in [-0.2, -0.15) is 0 Å². The highest BCUT2D eigenvalue weighted by Crippen LogP contribution is 2.50. The molecule has 0 amide bonds. The summed E-state index contributed by atoms with van der Waals surface area (Å²) < 4.78 is 5.44. The molecule has 4 rings (SSSR count). The lowest BCUT2D eigenvalue weighted by molar-refractivity contribution is -0.148. The first-order valence-electron chi connectivity index (χ1n) is 12.6. The third kappa shape index (κ3) is 4.89. The molecule has 6 atom stereocenters. The first kappa shape index (κ1) is 23.3. The molecule has 0 unspecified atom stereocenters. The van der Waals surface area contributed by atoms with Gasteiger partial charge < -0.3 is 14.7 Å². The van der Waals surface area contributed by atoms with Crippen LogP contribution in [0, 0.1) is 30.1 Å². The molecule has 2 radical (unpaired) electrons. The third-order valence-corrected chi connectivity index (χ3v) is 8.68. The summed E-state index contributed by atoms with van der Waals surface area (Å²) >= 11 is 0. The van der Waals surface area contributed by atoms with Crippen molar-refractivity contribution in [1.82, 2.24) is 9.80 Å². The molecule has 3 fully saturated rings. The second-order valence-corrected chi connectivity index (χ2v) is 10.8. The molecule has 3 aliphatic carbocycles. The van der Waals surface area contributed by atoms with E-state index in [1.807, 2.05) is 6.92 Å². The van der Waals surface area contributed by atoms with Crippen LogP contribution in [0.25, 0.3) is 0 Å². The van der Waals surface area contributed by atoms with Crippen LogP contribution in [0.1, 0.15) is 66.2 Å². The van der Waals surface area contributed by atoms with E-state index in [1.54, 1.807) is 0 Å². The van der Waals surface area contributed by atoms with E-state index in [9.17, 15) is 9.90 Å². The molecule has 31 heavy (non-hydrogen) atoms. The summed E-state index contributed by atoms with van der Waals surface area (Å²) in [6.07, 6.45) is 12.7. The standard InChI is InChI=1S/C26H42N2O3/c1-18-15-24-23(10-9-20(3)26(24,30)16-25(18)31-21(4)29)19(2)17-27-11-13-28(14-12-27)22-7-5-6-8-22/h15,19-20,22-25,30H,5-14,17H2,1-4H3/t19-,20-,23+,24-,25-,26-/m1/s1. The Morgan fingerprint density at radius 1 is 1.23 bits per heavy atom. The largest absolute Gasteiger partial charge is 0.457 e. The summed E-state index contributed by atoms with van der Waals surface area (Å²) in [5.74, 6) is 0.793. The molecule has 0 aromatic heterocycles. The molecule has 1 heterocycles. The minimum atomic E-state index is -1.02. The van der Waals surface area contributed by atoms with Crippen molar-refractivity contribution in [2.45, 2.75) is 84.0 Å². The van der Waals surface area contributed by atoms with E-state index < -0.39 is 11.7 Å². The van der Waals surface area contributed by atoms with Gasteiger partial charge >= 0.3 is 5.97 Å². The van der Waals surface area contributed by atoms with E-state index in [1.165, 1.54) is 58.8 Å². The van der Waals surface area contributed by atoms with Crippen molar-refractivity contribution in [2.75, 3.05) is 32.7 Å². The van der Waals surface area contributed by atoms with Crippen molar-refractivity contribution in [3.05, 3.63) is 18.1 Å². The number of fused-ring (bicyclic) bond motifs is 1. The van der Waals surface area contributed by atoms with Gasteiger partial charge in [-0.25, -0.2) is 0 Å². The monoisotopic (exact) mass is 430 g/mol. The number of esters is 1. The maximum Gasteiger partial charge on any atom is 0.303 e. The van der Waals surface area contributed by atoms with Crippen LogP contribution in [-0.2, 0) is 9.53 Å². The molecule has 1 N–H and O–H groups in total. The Hall–Kier alpha value is -0.910. The zero-order chi connectivity index (χ0) is 22.2. The molecule has 0 aromatic carbocycles. The van der Waals surface area contributed by atoms with E-state index in [4.69, 9.17) is 4.74 Å². The zero-order valence-corrected chi connectivity index (χ0v) is 20.0. The lowest BCUT2D eigenvalue weighted by atomic mass is 9.57. The minimum absolute atomic E-state index is 0.0536. The second-order valence-electron chi connectivity index (χ2n) is 10.8. The smallest absolute Gasteiger partial charge is 0.303 e. The number of rotatable bonds is 5. The lowest BCUT2D eigenvalue weighted by Gasteiger charge is -2.53. The number of hydrogen-bond donors (Lipinski definition) is 1. The van der Waals surface area contributed by atoms with Gasteiger partial charge in [0.05, 0.1) is 12.0 Å². The average Bonchev–Trinajstić information content (AvgIpc) is 3.25. The van der Waals surface area contributed by atoms with Crippen LogP contribution >= 0.6 is 0 Å². The summed E-state index contributed by atoms with van der Waals surface area (Å²) in [6, 6.07) is 0.834. The molecular weight excluding hydrogens is 388 g/mol. The van der Waals surface area contributed by atoms with Crippen LogP contribution in [-0.4, -0.2) is 71.3 Å². The maximum atomic E-state index is 11.7. The van der Waals surface area contributed by atoms with E-state index in [0.29, 0.717) is 11.8 Å². The lowest BCUT2D eigenvalue weighted by Crippen LogP contribution is -2.57. The SMILES string of the molecule is CC(=O)O[C@@H]1[C][C@@]2(O)[C@H](C)CC[C@@H]([C@H](C)CN3CCN(C4CCCC4)CC3)[C@H]2C=C1C. The van der Waals surface area contributed by atoms with Crippen molar-refractivity contribution in [1.29, 1.82) is 0 Å². The van der Waals surface area contributed by atoms with Gasteiger partial charge in [-0.3, -0.25) is 9.69 Å². The van der Waals surface area contributed by atoms with Gasteiger partial charge in [-0.1, -0.05) is 32.8 Å². The van der Waals surface area contributed by atoms with E-state index >= 15 is 0 Å². The van der Waals surface area contributed by atoms with Crippen LogP contribution in [0.4, 0.5) is 0 Å². The van der Waals surface area contributed by atoms with Gasteiger partial charge in [-0.05, 0) is 55.9 Å². The second kappa shape index (κ2) is 9.52. The summed E-state index contributed by atoms with van der Waals surface area (Å²) in [4.78, 5) is 16.9. The van der Waals surface area contributed by atoms with Crippen LogP contribution < -0.4 is 0 Å². The van der Waals surface area contributed by atoms with Crippen molar-refractivity contribution in [3.8, 4) is 0 Å². The fraction of sp³-hybridized carbons (Fsp3) is 0.846. The summed E-state index contributed by atoms with van der Waals surface area (Å²) in [6.45, 7) is 13.8. The van der Waals surface area contributed by atoms with Gasteiger partial charge in [0.1, 0.15) is 6.10 Å². The predicted octanol–water partition coefficient (Wildman–Crippen LogP) is 3.55. The molecule has 4 aliphatic rings. The van der Waals surface area contributed by atoms with Gasteiger partial charge in [0.25, 0.3) is 0 Å². The highest BCUT2D eigenvalue weighted by molar-refractivity contribution is 5.66. The normalized spacial score (nSPS) is 39.1. The van der Waals surface area contributed by atoms with Crippen LogP contribution in [0.15, 0.2) is 11.6 Å². The third-order valence-electron chi connectivity index (χ3n) is 8.68. The predicted molar refractivity (Wildman–Crippen MR) is 122 cm³/mol. The van der Waals surface area contributed by atoms with Crippen molar-refractivity contribution in [2.24, 2.45) is 23.7 Å². The summed E-state index contributed by atoms with van der Waals surface area (Å²) in [7, 11) is 0. The Kier molecular flexibility index (Phi) is 7.15. The molecule has 1 saturated heterocycles. The Morgan fingerprint density at radius 3 is 2.55 bits per heavy atom. The highest BCUT2D eigenvalue weighted by Gasteiger charge is 2.53. The minimum Gasteiger partial charge on any atom is -0.457 e. The Bertz CT molecular complexity index is 666. The Balaban J connectivity index is 1.39. The molecule has 2 saturated carbocycles. The fourth-order valence-corrected chi connectivity index (χ4v) is 6.73. The summed E-state index contributed by atoms with van der Waals surface area (Å²) in [5.41, 5.74) is -0.0146. The molecular formula is C26H42N2O3. The van der Waals surface area contributed by atoms with Crippen molar-refractivity contribution >= 4 is 5.97 Å². The fourth-order valence-electron chi connectivity index (χ4n) is 6.73. The Labute approximate surface area is 189 Å². The average molecular weight is 431 g/mol. The molecule has 0 bridgehead atoms. The van der Waals surface area contributed by atoms with Crippen LogP contribution in [0.2, 0.25) is 0 Å². The Morgan fingerprint density at radius 2 is 1.90 bits per heavy atom. The number of piperazine rings is 1. The molecule has 0 aromatic rings. The van der Waals surface area contributed by atoms with Crippen LogP contribution in [0.3, 0.4) is 0 Å². The first-order valence-corrected chi connectivity index (χ1v) is 12.6. The topological polar surface area (TPSA) is 53.0 Å². The number of carbonyl (C=O) groups is 1. The maximum absolute atomic E-state index is 11.7.